The van der Waals surface area contributed by atoms with Gasteiger partial charge in [-0.25, -0.2) is 22.9 Å². The molecule has 0 amide bonds. The van der Waals surface area contributed by atoms with Crippen LogP contribution in [0.5, 0.6) is 5.75 Å². The Bertz CT molecular complexity index is 1070. The molecule has 0 bridgehead atoms. The maximum absolute atomic E-state index is 13.8. The van der Waals surface area contributed by atoms with Gasteiger partial charge in [0, 0.05) is 18.2 Å². The Morgan fingerprint density at radius 1 is 1.03 bits per heavy atom. The molecular formula is C23H18F3NO3S. The predicted octanol–water partition coefficient (Wildman–Crippen LogP) is 5.51. The molecule has 0 saturated heterocycles. The Hall–Kier alpha value is -3.26. The molecule has 0 spiro atoms. The molecule has 0 fully saturated rings. The number of benzene rings is 2. The van der Waals surface area contributed by atoms with Gasteiger partial charge in [-0.05, 0) is 48.0 Å². The molecule has 1 N–H and O–H groups in total. The zero-order valence-electron chi connectivity index (χ0n) is 16.2. The molecule has 31 heavy (non-hydrogen) atoms. The summed E-state index contributed by atoms with van der Waals surface area (Å²) in [5.41, 5.74) is 1.68. The van der Waals surface area contributed by atoms with Crippen LogP contribution in [0, 0.1) is 17.5 Å². The summed E-state index contributed by atoms with van der Waals surface area (Å²) in [6.45, 7) is 0.274. The summed E-state index contributed by atoms with van der Waals surface area (Å²) in [7, 11) is 0. The van der Waals surface area contributed by atoms with Gasteiger partial charge in [0.2, 0.25) is 0 Å². The molecule has 0 saturated carbocycles. The van der Waals surface area contributed by atoms with Gasteiger partial charge in [0.1, 0.15) is 28.9 Å². The third kappa shape index (κ3) is 6.62. The lowest BCUT2D eigenvalue weighted by molar-refractivity contribution is -0.131. The summed E-state index contributed by atoms with van der Waals surface area (Å²) < 4.78 is 46.3. The van der Waals surface area contributed by atoms with Crippen LogP contribution < -0.4 is 4.74 Å². The first-order chi connectivity index (χ1) is 14.9. The van der Waals surface area contributed by atoms with Gasteiger partial charge in [0.25, 0.3) is 0 Å². The Kier molecular flexibility index (Phi) is 7.72. The molecule has 4 nitrogen and oxygen atoms in total. The molecule has 0 unspecified atom stereocenters. The van der Waals surface area contributed by atoms with Crippen molar-refractivity contribution in [3.05, 3.63) is 95.1 Å². The van der Waals surface area contributed by atoms with Crippen LogP contribution in [0.4, 0.5) is 13.2 Å². The molecule has 0 aliphatic heterocycles. The first-order valence-electron chi connectivity index (χ1n) is 9.27. The molecule has 0 aliphatic carbocycles. The summed E-state index contributed by atoms with van der Waals surface area (Å²) in [5.74, 6) is -2.23. The van der Waals surface area contributed by atoms with E-state index in [-0.39, 0.29) is 28.8 Å². The Morgan fingerprint density at radius 2 is 1.74 bits per heavy atom. The third-order valence-electron chi connectivity index (χ3n) is 4.17. The van der Waals surface area contributed by atoms with Crippen molar-refractivity contribution < 1.29 is 27.8 Å². The summed E-state index contributed by atoms with van der Waals surface area (Å²) in [5, 5.41) is 8.92. The average molecular weight is 445 g/mol. The van der Waals surface area contributed by atoms with Crippen LogP contribution in [0.2, 0.25) is 0 Å². The molecule has 1 heterocycles. The average Bonchev–Trinajstić information content (AvgIpc) is 2.74. The number of carboxylic acid groups (broad SMARTS) is 1. The van der Waals surface area contributed by atoms with Crippen molar-refractivity contribution >= 4 is 23.8 Å². The number of carboxylic acids is 1. The van der Waals surface area contributed by atoms with Gasteiger partial charge < -0.3 is 9.84 Å². The summed E-state index contributed by atoms with van der Waals surface area (Å²) in [6.07, 6.45) is 2.75. The molecule has 3 rings (SSSR count). The van der Waals surface area contributed by atoms with Crippen LogP contribution in [-0.2, 0) is 17.0 Å². The van der Waals surface area contributed by atoms with Crippen LogP contribution in [0.15, 0.2) is 65.6 Å². The van der Waals surface area contributed by atoms with Gasteiger partial charge in [-0.15, -0.1) is 11.8 Å². The molecule has 8 heteroatoms. The van der Waals surface area contributed by atoms with Gasteiger partial charge in [-0.1, -0.05) is 18.2 Å². The number of aliphatic carboxylic acids is 1. The number of pyridine rings is 1. The summed E-state index contributed by atoms with van der Waals surface area (Å²) in [6, 6.07) is 13.0. The van der Waals surface area contributed by atoms with E-state index in [1.54, 1.807) is 24.3 Å². The van der Waals surface area contributed by atoms with Crippen molar-refractivity contribution in [3.8, 4) is 5.75 Å². The molecular weight excluding hydrogens is 427 g/mol. The van der Waals surface area contributed by atoms with E-state index in [1.165, 1.54) is 36.4 Å². The standard InChI is InChI=1S/C23H18F3NO3S/c24-16-6-4-15(5-7-16)12-13-30-21-10-8-17(27-20(21)9-11-22(28)29)14-31-23-18(25)2-1-3-19(23)26/h1-11H,12-14H2,(H,28,29)/b11-9+. The number of carbonyl (C=O) groups is 1. The topological polar surface area (TPSA) is 59.4 Å². The number of rotatable bonds is 9. The summed E-state index contributed by atoms with van der Waals surface area (Å²) >= 11 is 0.958. The monoisotopic (exact) mass is 445 g/mol. The number of ether oxygens (including phenoxy) is 1. The van der Waals surface area contributed by atoms with Crippen molar-refractivity contribution in [3.63, 3.8) is 0 Å². The number of nitrogens with zero attached hydrogens (tertiary/aromatic N) is 1. The normalized spacial score (nSPS) is 11.1. The van der Waals surface area contributed by atoms with E-state index in [0.29, 0.717) is 17.9 Å². The Labute approximate surface area is 181 Å². The zero-order chi connectivity index (χ0) is 22.2. The highest BCUT2D eigenvalue weighted by molar-refractivity contribution is 7.98. The van der Waals surface area contributed by atoms with Crippen LogP contribution in [0.1, 0.15) is 17.0 Å². The largest absolute Gasteiger partial charge is 0.491 e. The van der Waals surface area contributed by atoms with Crippen molar-refractivity contribution in [1.82, 2.24) is 4.98 Å². The summed E-state index contributed by atoms with van der Waals surface area (Å²) in [4.78, 5) is 15.2. The molecule has 0 radical (unpaired) electrons. The van der Waals surface area contributed by atoms with Gasteiger partial charge in [0.15, 0.2) is 0 Å². The van der Waals surface area contributed by atoms with Gasteiger partial charge in [-0.3, -0.25) is 0 Å². The Balaban J connectivity index is 1.71. The van der Waals surface area contributed by atoms with E-state index < -0.39 is 17.6 Å². The first kappa shape index (κ1) is 22.4. The number of hydrogen-bond acceptors (Lipinski definition) is 4. The van der Waals surface area contributed by atoms with Crippen LogP contribution in [0.3, 0.4) is 0 Å². The maximum Gasteiger partial charge on any atom is 0.328 e. The van der Waals surface area contributed by atoms with Crippen molar-refractivity contribution in [2.24, 2.45) is 0 Å². The van der Waals surface area contributed by atoms with Gasteiger partial charge in [-0.2, -0.15) is 0 Å². The molecule has 3 aromatic rings. The second-order valence-electron chi connectivity index (χ2n) is 6.42. The van der Waals surface area contributed by atoms with Crippen molar-refractivity contribution in [1.29, 1.82) is 0 Å². The fourth-order valence-corrected chi connectivity index (χ4v) is 3.54. The number of aromatic nitrogens is 1. The van der Waals surface area contributed by atoms with E-state index in [0.717, 1.165) is 23.4 Å². The van der Waals surface area contributed by atoms with Gasteiger partial charge >= 0.3 is 5.97 Å². The van der Waals surface area contributed by atoms with Crippen molar-refractivity contribution in [2.45, 2.75) is 17.1 Å². The lowest BCUT2D eigenvalue weighted by Crippen LogP contribution is -2.04. The minimum Gasteiger partial charge on any atom is -0.491 e. The van der Waals surface area contributed by atoms with E-state index in [4.69, 9.17) is 9.84 Å². The van der Waals surface area contributed by atoms with Gasteiger partial charge in [0.05, 0.1) is 17.2 Å². The number of hydrogen-bond donors (Lipinski definition) is 1. The van der Waals surface area contributed by atoms with E-state index in [9.17, 15) is 18.0 Å². The predicted molar refractivity (Wildman–Crippen MR) is 112 cm³/mol. The highest BCUT2D eigenvalue weighted by atomic mass is 32.2. The third-order valence-corrected chi connectivity index (χ3v) is 5.29. The minimum absolute atomic E-state index is 0.105. The fourth-order valence-electron chi connectivity index (χ4n) is 2.67. The van der Waals surface area contributed by atoms with Crippen LogP contribution in [0.25, 0.3) is 6.08 Å². The second kappa shape index (κ2) is 10.7. The highest BCUT2D eigenvalue weighted by Gasteiger charge is 2.11. The minimum atomic E-state index is -1.15. The van der Waals surface area contributed by atoms with E-state index >= 15 is 0 Å². The number of thioether (sulfide) groups is 1. The molecule has 2 aromatic carbocycles. The molecule has 160 valence electrons. The smallest absolute Gasteiger partial charge is 0.328 e. The highest BCUT2D eigenvalue weighted by Crippen LogP contribution is 2.29. The zero-order valence-corrected chi connectivity index (χ0v) is 17.0. The fraction of sp³-hybridized carbons (Fsp3) is 0.130. The molecule has 0 aliphatic rings. The van der Waals surface area contributed by atoms with E-state index in [1.807, 2.05) is 0 Å². The lowest BCUT2D eigenvalue weighted by Gasteiger charge is -2.11. The lowest BCUT2D eigenvalue weighted by atomic mass is 10.1. The van der Waals surface area contributed by atoms with E-state index in [2.05, 4.69) is 4.98 Å². The van der Waals surface area contributed by atoms with Crippen LogP contribution >= 0.6 is 11.8 Å². The molecule has 0 atom stereocenters. The molecule has 1 aromatic heterocycles. The SMILES string of the molecule is O=C(O)/C=C/c1nc(CSc2c(F)cccc2F)ccc1OCCc1ccc(F)cc1. The maximum atomic E-state index is 13.8. The second-order valence-corrected chi connectivity index (χ2v) is 7.41. The van der Waals surface area contributed by atoms with Crippen molar-refractivity contribution in [2.75, 3.05) is 6.61 Å². The Morgan fingerprint density at radius 3 is 2.42 bits per heavy atom. The quantitative estimate of drug-likeness (QED) is 0.348. The van der Waals surface area contributed by atoms with Crippen LogP contribution in [-0.4, -0.2) is 22.7 Å². The number of halogens is 3. The first-order valence-corrected chi connectivity index (χ1v) is 10.3.